The van der Waals surface area contributed by atoms with Gasteiger partial charge in [-0.3, -0.25) is 0 Å². The molecule has 0 aromatic heterocycles. The van der Waals surface area contributed by atoms with Gasteiger partial charge in [0.2, 0.25) is 0 Å². The number of methoxy groups -OCH3 is 2. The number of hydrogen-bond donors (Lipinski definition) is 2. The van der Waals surface area contributed by atoms with Crippen molar-refractivity contribution in [3.05, 3.63) is 54.1 Å². The van der Waals surface area contributed by atoms with Crippen molar-refractivity contribution in [2.45, 2.75) is 20.3 Å². The van der Waals surface area contributed by atoms with Crippen LogP contribution in [-0.2, 0) is 6.42 Å². The predicted molar refractivity (Wildman–Crippen MR) is 109 cm³/mol. The number of hydrogen-bond acceptors (Lipinski definition) is 3. The third-order valence-corrected chi connectivity index (χ3v) is 3.96. The van der Waals surface area contributed by atoms with Gasteiger partial charge in [-0.1, -0.05) is 38.1 Å². The Bertz CT molecular complexity index is 773. The van der Waals surface area contributed by atoms with Gasteiger partial charge >= 0.3 is 6.03 Å². The molecule has 0 fully saturated rings. The first-order valence-electron chi connectivity index (χ1n) is 8.93. The van der Waals surface area contributed by atoms with Crippen LogP contribution >= 0.6 is 0 Å². The lowest BCUT2D eigenvalue weighted by Crippen LogP contribution is -2.31. The van der Waals surface area contributed by atoms with E-state index < -0.39 is 0 Å². The summed E-state index contributed by atoms with van der Waals surface area (Å²) in [4.78, 5) is 16.3. The summed E-state index contributed by atoms with van der Waals surface area (Å²) in [5, 5.41) is 6.03. The first kappa shape index (κ1) is 20.3. The molecule has 0 saturated carbocycles. The first-order valence-corrected chi connectivity index (χ1v) is 8.93. The van der Waals surface area contributed by atoms with E-state index in [2.05, 4.69) is 15.6 Å². The Kier molecular flexibility index (Phi) is 7.67. The molecule has 6 nitrogen and oxygen atoms in total. The number of nitrogens with zero attached hydrogens (tertiary/aromatic N) is 1. The Morgan fingerprint density at radius 1 is 1.04 bits per heavy atom. The van der Waals surface area contributed by atoms with Gasteiger partial charge in [-0.15, -0.1) is 0 Å². The number of nitrogens with one attached hydrogen (secondary N) is 2. The monoisotopic (exact) mass is 369 g/mol. The number of urea groups is 1. The lowest BCUT2D eigenvalue weighted by molar-refractivity contribution is 0.259. The van der Waals surface area contributed by atoms with Gasteiger partial charge in [-0.05, 0) is 36.2 Å². The van der Waals surface area contributed by atoms with Gasteiger partial charge in [0.25, 0.3) is 0 Å². The zero-order chi connectivity index (χ0) is 19.6. The third-order valence-electron chi connectivity index (χ3n) is 3.96. The van der Waals surface area contributed by atoms with Crippen LogP contribution in [0.25, 0.3) is 0 Å². The van der Waals surface area contributed by atoms with Crippen LogP contribution in [0, 0.1) is 5.92 Å². The van der Waals surface area contributed by atoms with Gasteiger partial charge in [0.1, 0.15) is 5.84 Å². The molecular weight excluding hydrogens is 342 g/mol. The second-order valence-electron chi connectivity index (χ2n) is 6.31. The number of anilines is 1. The molecule has 0 unspecified atom stereocenters. The maximum absolute atomic E-state index is 12.1. The summed E-state index contributed by atoms with van der Waals surface area (Å²) in [6.07, 6.45) is 0.770. The highest BCUT2D eigenvalue weighted by molar-refractivity contribution is 6.00. The van der Waals surface area contributed by atoms with Gasteiger partial charge < -0.3 is 20.1 Å². The lowest BCUT2D eigenvalue weighted by atomic mass is 10.1. The molecule has 2 amide bonds. The number of carbonyl (C=O) groups excluding carboxylic acids is 1. The van der Waals surface area contributed by atoms with E-state index in [-0.39, 0.29) is 11.9 Å². The second kappa shape index (κ2) is 10.2. The van der Waals surface area contributed by atoms with E-state index in [0.717, 1.165) is 17.7 Å². The van der Waals surface area contributed by atoms with Crippen molar-refractivity contribution in [2.24, 2.45) is 10.9 Å². The van der Waals surface area contributed by atoms with Gasteiger partial charge in [0.15, 0.2) is 11.5 Å². The maximum Gasteiger partial charge on any atom is 0.347 e. The van der Waals surface area contributed by atoms with Crippen LogP contribution in [0.1, 0.15) is 19.4 Å². The molecule has 0 heterocycles. The zero-order valence-corrected chi connectivity index (χ0v) is 16.3. The number of amides is 2. The molecular formula is C21H27N3O3. The normalized spacial score (nSPS) is 11.2. The van der Waals surface area contributed by atoms with Crippen molar-refractivity contribution < 1.29 is 14.3 Å². The lowest BCUT2D eigenvalue weighted by Gasteiger charge is -2.14. The molecule has 144 valence electrons. The minimum absolute atomic E-state index is 0.108. The summed E-state index contributed by atoms with van der Waals surface area (Å²) in [6, 6.07) is 14.7. The number of amidine groups is 1. The van der Waals surface area contributed by atoms with Gasteiger partial charge in [0.05, 0.1) is 14.2 Å². The van der Waals surface area contributed by atoms with Gasteiger partial charge in [0, 0.05) is 18.2 Å². The van der Waals surface area contributed by atoms with Crippen molar-refractivity contribution in [3.8, 4) is 11.5 Å². The standard InChI is InChI=1S/C21H27N3O3/c1-15(2)20(24-21(25)23-17-8-6-5-7-9-17)22-13-12-16-10-11-18(26-3)19(14-16)27-4/h5-11,14-15H,12-13H2,1-4H3,(H2,22,23,24,25). The van der Waals surface area contributed by atoms with E-state index in [1.807, 2.05) is 62.4 Å². The molecule has 2 N–H and O–H groups in total. The molecule has 27 heavy (non-hydrogen) atoms. The molecule has 0 saturated heterocycles. The number of aliphatic imine (C=N–C) groups is 1. The molecule has 0 aliphatic heterocycles. The van der Waals surface area contributed by atoms with Crippen LogP contribution in [-0.4, -0.2) is 32.6 Å². The maximum atomic E-state index is 12.1. The first-order chi connectivity index (χ1) is 13.0. The molecule has 0 aliphatic rings. The quantitative estimate of drug-likeness (QED) is 0.569. The van der Waals surface area contributed by atoms with E-state index >= 15 is 0 Å². The van der Waals surface area contributed by atoms with Crippen molar-refractivity contribution in [3.63, 3.8) is 0 Å². The van der Waals surface area contributed by atoms with E-state index in [1.165, 1.54) is 0 Å². The Morgan fingerprint density at radius 3 is 2.37 bits per heavy atom. The van der Waals surface area contributed by atoms with Crippen molar-refractivity contribution >= 4 is 17.6 Å². The summed E-state index contributed by atoms with van der Waals surface area (Å²) in [5.41, 5.74) is 1.83. The Hall–Kier alpha value is -3.02. The summed E-state index contributed by atoms with van der Waals surface area (Å²) < 4.78 is 10.6. The molecule has 6 heteroatoms. The van der Waals surface area contributed by atoms with Crippen LogP contribution in [0.5, 0.6) is 11.5 Å². The molecule has 0 bridgehead atoms. The summed E-state index contributed by atoms with van der Waals surface area (Å²) in [6.45, 7) is 4.65. The van der Waals surface area contributed by atoms with E-state index in [4.69, 9.17) is 9.47 Å². The Labute approximate surface area is 160 Å². The summed E-state index contributed by atoms with van der Waals surface area (Å²) in [5.74, 6) is 2.17. The summed E-state index contributed by atoms with van der Waals surface area (Å²) in [7, 11) is 3.24. The molecule has 0 aliphatic carbocycles. The third kappa shape index (κ3) is 6.33. The second-order valence-corrected chi connectivity index (χ2v) is 6.31. The average molecular weight is 369 g/mol. The fourth-order valence-electron chi connectivity index (χ4n) is 2.53. The molecule has 0 radical (unpaired) electrons. The van der Waals surface area contributed by atoms with Gasteiger partial charge in [-0.25, -0.2) is 4.79 Å². The number of ether oxygens (including phenoxy) is 2. The van der Waals surface area contributed by atoms with Crippen molar-refractivity contribution in [2.75, 3.05) is 26.1 Å². The van der Waals surface area contributed by atoms with Crippen LogP contribution in [0.4, 0.5) is 10.5 Å². The highest BCUT2D eigenvalue weighted by Gasteiger charge is 2.09. The number of carbonyl (C=O) groups is 1. The Balaban J connectivity index is 1.95. The SMILES string of the molecule is COc1ccc(CCN/C(=N/C(=O)Nc2ccccc2)C(C)C)cc1OC. The summed E-state index contributed by atoms with van der Waals surface area (Å²) >= 11 is 0. The highest BCUT2D eigenvalue weighted by atomic mass is 16.5. The smallest absolute Gasteiger partial charge is 0.347 e. The van der Waals surface area contributed by atoms with Crippen LogP contribution in [0.3, 0.4) is 0 Å². The van der Waals surface area contributed by atoms with Crippen molar-refractivity contribution in [1.82, 2.24) is 5.32 Å². The average Bonchev–Trinajstić information content (AvgIpc) is 2.67. The van der Waals surface area contributed by atoms with Crippen molar-refractivity contribution in [1.29, 1.82) is 0 Å². The molecule has 0 spiro atoms. The van der Waals surface area contributed by atoms with Crippen LogP contribution in [0.15, 0.2) is 53.5 Å². The highest BCUT2D eigenvalue weighted by Crippen LogP contribution is 2.27. The van der Waals surface area contributed by atoms with Gasteiger partial charge in [-0.2, -0.15) is 4.99 Å². The fourth-order valence-corrected chi connectivity index (χ4v) is 2.53. The van der Waals surface area contributed by atoms with E-state index in [9.17, 15) is 4.79 Å². The predicted octanol–water partition coefficient (Wildman–Crippen LogP) is 4.12. The Morgan fingerprint density at radius 2 is 1.74 bits per heavy atom. The number of para-hydroxylation sites is 1. The van der Waals surface area contributed by atoms with Crippen LogP contribution < -0.4 is 20.1 Å². The minimum Gasteiger partial charge on any atom is -0.493 e. The molecule has 2 aromatic rings. The number of rotatable bonds is 7. The number of benzene rings is 2. The minimum atomic E-state index is -0.386. The topological polar surface area (TPSA) is 72.0 Å². The largest absolute Gasteiger partial charge is 0.493 e. The zero-order valence-electron chi connectivity index (χ0n) is 16.3. The molecule has 2 aromatic carbocycles. The van der Waals surface area contributed by atoms with E-state index in [1.54, 1.807) is 14.2 Å². The fraction of sp³-hybridized carbons (Fsp3) is 0.333. The van der Waals surface area contributed by atoms with E-state index in [0.29, 0.717) is 23.9 Å². The molecule has 2 rings (SSSR count). The molecule has 0 atom stereocenters. The van der Waals surface area contributed by atoms with Crippen LogP contribution in [0.2, 0.25) is 0 Å².